The standard InChI is InChI=1S/C18H23N3O2/c1-21(16-8-4-3-5-9-16)13-7-6-12-19-18(22)15-10-11-17(23-2)20-14-15/h3-5,8-11,14H,6-7,12-13H2,1-2H3,(H,19,22). The first-order valence-corrected chi connectivity index (χ1v) is 7.75. The highest BCUT2D eigenvalue weighted by atomic mass is 16.5. The van der Waals surface area contributed by atoms with Crippen LogP contribution in [-0.4, -0.2) is 38.1 Å². The van der Waals surface area contributed by atoms with Crippen LogP contribution in [0.3, 0.4) is 0 Å². The number of para-hydroxylation sites is 1. The zero-order valence-corrected chi connectivity index (χ0v) is 13.7. The topological polar surface area (TPSA) is 54.5 Å². The van der Waals surface area contributed by atoms with Gasteiger partial charge in [-0.15, -0.1) is 0 Å². The lowest BCUT2D eigenvalue weighted by Gasteiger charge is -2.19. The van der Waals surface area contributed by atoms with Gasteiger partial charge in [-0.25, -0.2) is 4.98 Å². The number of carbonyl (C=O) groups is 1. The highest BCUT2D eigenvalue weighted by Gasteiger charge is 2.06. The molecule has 1 N–H and O–H groups in total. The molecule has 0 bridgehead atoms. The van der Waals surface area contributed by atoms with E-state index < -0.39 is 0 Å². The van der Waals surface area contributed by atoms with Crippen LogP contribution in [0.5, 0.6) is 5.88 Å². The number of aromatic nitrogens is 1. The highest BCUT2D eigenvalue weighted by molar-refractivity contribution is 5.93. The summed E-state index contributed by atoms with van der Waals surface area (Å²) in [5, 5.41) is 2.91. The van der Waals surface area contributed by atoms with E-state index in [2.05, 4.69) is 34.4 Å². The number of ether oxygens (including phenoxy) is 1. The normalized spacial score (nSPS) is 10.2. The Morgan fingerprint density at radius 2 is 1.96 bits per heavy atom. The van der Waals surface area contributed by atoms with E-state index in [0.29, 0.717) is 18.0 Å². The minimum absolute atomic E-state index is 0.100. The average molecular weight is 313 g/mol. The molecule has 0 unspecified atom stereocenters. The number of methoxy groups -OCH3 is 1. The lowest BCUT2D eigenvalue weighted by atomic mass is 10.2. The monoisotopic (exact) mass is 313 g/mol. The van der Waals surface area contributed by atoms with Crippen molar-refractivity contribution >= 4 is 11.6 Å². The highest BCUT2D eigenvalue weighted by Crippen LogP contribution is 2.11. The first kappa shape index (κ1) is 16.8. The van der Waals surface area contributed by atoms with Gasteiger partial charge in [0.2, 0.25) is 5.88 Å². The van der Waals surface area contributed by atoms with Crippen molar-refractivity contribution in [3.63, 3.8) is 0 Å². The fourth-order valence-corrected chi connectivity index (χ4v) is 2.22. The molecule has 0 fully saturated rings. The Labute approximate surface area is 137 Å². The Morgan fingerprint density at radius 1 is 1.17 bits per heavy atom. The maximum Gasteiger partial charge on any atom is 0.252 e. The summed E-state index contributed by atoms with van der Waals surface area (Å²) in [4.78, 5) is 18.2. The molecule has 0 atom stereocenters. The lowest BCUT2D eigenvalue weighted by Crippen LogP contribution is -2.26. The minimum atomic E-state index is -0.100. The number of anilines is 1. The third-order valence-electron chi connectivity index (χ3n) is 3.61. The second-order valence-corrected chi connectivity index (χ2v) is 5.31. The number of pyridine rings is 1. The summed E-state index contributed by atoms with van der Waals surface area (Å²) < 4.78 is 4.97. The summed E-state index contributed by atoms with van der Waals surface area (Å²) in [6.45, 7) is 1.62. The number of amides is 1. The molecule has 0 saturated heterocycles. The predicted octanol–water partition coefficient (Wildman–Crippen LogP) is 2.74. The van der Waals surface area contributed by atoms with E-state index in [1.165, 1.54) is 11.9 Å². The van der Waals surface area contributed by atoms with Gasteiger partial charge in [0, 0.05) is 38.1 Å². The molecule has 1 aromatic heterocycles. The van der Waals surface area contributed by atoms with Gasteiger partial charge < -0.3 is 15.0 Å². The van der Waals surface area contributed by atoms with Crippen LogP contribution in [0.2, 0.25) is 0 Å². The number of rotatable bonds is 8. The number of carbonyl (C=O) groups excluding carboxylic acids is 1. The number of hydrogen-bond donors (Lipinski definition) is 1. The molecule has 122 valence electrons. The van der Waals surface area contributed by atoms with Gasteiger partial charge in [0.1, 0.15) is 0 Å². The van der Waals surface area contributed by atoms with Crippen molar-refractivity contribution in [3.05, 3.63) is 54.2 Å². The fraction of sp³-hybridized carbons (Fsp3) is 0.333. The predicted molar refractivity (Wildman–Crippen MR) is 92.1 cm³/mol. The Bertz CT molecular complexity index is 599. The molecule has 0 aliphatic heterocycles. The maximum atomic E-state index is 12.0. The quantitative estimate of drug-likeness (QED) is 0.761. The Balaban J connectivity index is 1.65. The van der Waals surface area contributed by atoms with E-state index in [4.69, 9.17) is 4.74 Å². The van der Waals surface area contributed by atoms with Crippen molar-refractivity contribution < 1.29 is 9.53 Å². The molecule has 23 heavy (non-hydrogen) atoms. The molecule has 0 saturated carbocycles. The van der Waals surface area contributed by atoms with Crippen molar-refractivity contribution in [1.29, 1.82) is 0 Å². The number of hydrogen-bond acceptors (Lipinski definition) is 4. The number of unbranched alkanes of at least 4 members (excludes halogenated alkanes) is 1. The summed E-state index contributed by atoms with van der Waals surface area (Å²) >= 11 is 0. The molecule has 2 rings (SSSR count). The second kappa shape index (κ2) is 8.78. The van der Waals surface area contributed by atoms with E-state index in [9.17, 15) is 4.79 Å². The Hall–Kier alpha value is -2.56. The van der Waals surface area contributed by atoms with Crippen LogP contribution >= 0.6 is 0 Å². The smallest absolute Gasteiger partial charge is 0.252 e. The zero-order chi connectivity index (χ0) is 16.5. The summed E-state index contributed by atoms with van der Waals surface area (Å²) in [5.41, 5.74) is 1.76. The van der Waals surface area contributed by atoms with Gasteiger partial charge in [-0.3, -0.25) is 4.79 Å². The third-order valence-corrected chi connectivity index (χ3v) is 3.61. The summed E-state index contributed by atoms with van der Waals surface area (Å²) in [7, 11) is 3.63. The van der Waals surface area contributed by atoms with Gasteiger partial charge in [0.05, 0.1) is 12.7 Å². The molecular formula is C18H23N3O2. The SMILES string of the molecule is COc1ccc(C(=O)NCCCCN(C)c2ccccc2)cn1. The minimum Gasteiger partial charge on any atom is -0.481 e. The molecule has 5 heteroatoms. The van der Waals surface area contributed by atoms with Crippen molar-refractivity contribution in [1.82, 2.24) is 10.3 Å². The molecule has 5 nitrogen and oxygen atoms in total. The van der Waals surface area contributed by atoms with Gasteiger partial charge >= 0.3 is 0 Å². The van der Waals surface area contributed by atoms with Crippen LogP contribution in [0.25, 0.3) is 0 Å². The van der Waals surface area contributed by atoms with Crippen LogP contribution in [0, 0.1) is 0 Å². The summed E-state index contributed by atoms with van der Waals surface area (Å²) in [6, 6.07) is 13.7. The number of nitrogens with zero attached hydrogens (tertiary/aromatic N) is 2. The first-order chi connectivity index (χ1) is 11.2. The van der Waals surface area contributed by atoms with E-state index in [0.717, 1.165) is 19.4 Å². The van der Waals surface area contributed by atoms with E-state index in [1.807, 2.05) is 18.2 Å². The average Bonchev–Trinajstić information content (AvgIpc) is 2.62. The van der Waals surface area contributed by atoms with Crippen LogP contribution in [0.4, 0.5) is 5.69 Å². The lowest BCUT2D eigenvalue weighted by molar-refractivity contribution is 0.0952. The third kappa shape index (κ3) is 5.29. The molecule has 1 aromatic carbocycles. The molecule has 0 aliphatic carbocycles. The largest absolute Gasteiger partial charge is 0.481 e. The molecular weight excluding hydrogens is 290 g/mol. The molecule has 1 amide bonds. The van der Waals surface area contributed by atoms with Crippen molar-refractivity contribution in [2.24, 2.45) is 0 Å². The first-order valence-electron chi connectivity index (χ1n) is 7.75. The van der Waals surface area contributed by atoms with Gasteiger partial charge in [-0.2, -0.15) is 0 Å². The van der Waals surface area contributed by atoms with Gasteiger partial charge in [0.25, 0.3) is 5.91 Å². The van der Waals surface area contributed by atoms with Crippen molar-refractivity contribution in [2.45, 2.75) is 12.8 Å². The van der Waals surface area contributed by atoms with Crippen LogP contribution in [0.15, 0.2) is 48.7 Å². The Kier molecular flexibility index (Phi) is 6.41. The van der Waals surface area contributed by atoms with Crippen molar-refractivity contribution in [3.8, 4) is 5.88 Å². The molecule has 0 aliphatic rings. The van der Waals surface area contributed by atoms with Gasteiger partial charge in [-0.1, -0.05) is 18.2 Å². The summed E-state index contributed by atoms with van der Waals surface area (Å²) in [6.07, 6.45) is 3.48. The van der Waals surface area contributed by atoms with Crippen molar-refractivity contribution in [2.75, 3.05) is 32.1 Å². The molecule has 0 spiro atoms. The van der Waals surface area contributed by atoms with Crippen LogP contribution < -0.4 is 15.0 Å². The van der Waals surface area contributed by atoms with Crippen LogP contribution in [0.1, 0.15) is 23.2 Å². The van der Waals surface area contributed by atoms with E-state index >= 15 is 0 Å². The fourth-order valence-electron chi connectivity index (χ4n) is 2.22. The maximum absolute atomic E-state index is 12.0. The zero-order valence-electron chi connectivity index (χ0n) is 13.7. The van der Waals surface area contributed by atoms with E-state index in [1.54, 1.807) is 19.2 Å². The Morgan fingerprint density at radius 3 is 2.61 bits per heavy atom. The van der Waals surface area contributed by atoms with Crippen LogP contribution in [-0.2, 0) is 0 Å². The summed E-state index contributed by atoms with van der Waals surface area (Å²) in [5.74, 6) is 0.405. The second-order valence-electron chi connectivity index (χ2n) is 5.31. The van der Waals surface area contributed by atoms with Gasteiger partial charge in [-0.05, 0) is 31.0 Å². The molecule has 1 heterocycles. The number of benzene rings is 1. The molecule has 2 aromatic rings. The number of nitrogens with one attached hydrogen (secondary N) is 1. The van der Waals surface area contributed by atoms with E-state index in [-0.39, 0.29) is 5.91 Å². The van der Waals surface area contributed by atoms with Gasteiger partial charge in [0.15, 0.2) is 0 Å². The molecule has 0 radical (unpaired) electrons.